The van der Waals surface area contributed by atoms with Crippen LogP contribution in [0.5, 0.6) is 5.75 Å². The first kappa shape index (κ1) is 24.1. The molecule has 0 spiro atoms. The van der Waals surface area contributed by atoms with Crippen LogP contribution >= 0.6 is 56.5 Å². The quantitative estimate of drug-likeness (QED) is 0.301. The molecule has 0 amide bonds. The first-order valence-corrected chi connectivity index (χ1v) is 13.1. The fraction of sp³-hybridized carbons (Fsp3) is 0.208. The number of carbonyl (C=O) groups excluding carboxylic acids is 1. The van der Waals surface area contributed by atoms with Gasteiger partial charge in [-0.2, -0.15) is 0 Å². The Morgan fingerprint density at radius 1 is 1.18 bits per heavy atom. The van der Waals surface area contributed by atoms with Crippen molar-refractivity contribution < 1.29 is 14.3 Å². The van der Waals surface area contributed by atoms with E-state index < -0.39 is 12.0 Å². The van der Waals surface area contributed by atoms with Crippen LogP contribution in [-0.2, 0) is 9.53 Å². The molecule has 0 radical (unpaired) electrons. The van der Waals surface area contributed by atoms with Crippen LogP contribution in [0.15, 0.2) is 63.5 Å². The second-order valence-corrected chi connectivity index (χ2v) is 10.6. The third-order valence-electron chi connectivity index (χ3n) is 5.29. The van der Waals surface area contributed by atoms with Gasteiger partial charge in [0.15, 0.2) is 4.80 Å². The number of esters is 1. The third kappa shape index (κ3) is 4.54. The largest absolute Gasteiger partial charge is 0.495 e. The number of benzene rings is 2. The van der Waals surface area contributed by atoms with Crippen molar-refractivity contribution in [1.82, 2.24) is 4.57 Å². The molecule has 0 unspecified atom stereocenters. The molecule has 0 bridgehead atoms. The van der Waals surface area contributed by atoms with E-state index in [1.165, 1.54) is 18.4 Å². The highest BCUT2D eigenvalue weighted by molar-refractivity contribution is 14.1. The Morgan fingerprint density at radius 3 is 2.42 bits per heavy atom. The average molecular weight is 686 g/mol. The number of ether oxygens (including phenoxy) is 2. The van der Waals surface area contributed by atoms with Gasteiger partial charge in [0.2, 0.25) is 0 Å². The number of thiazole rings is 1. The second kappa shape index (κ2) is 10.1. The number of fused-ring (bicyclic) bond motifs is 1. The molecule has 6 nitrogen and oxygen atoms in total. The standard InChI is InChI=1S/C24H20I2N2O4S/c1-4-17-19(23(30)32-3)20(14-8-6-5-7-9-14)28-22(29)18(33-24(28)27-17)12-13-10-15(25)21(31-2)16(26)11-13/h5-12,20H,4H2,1-3H3/b18-12-/t20-/m1/s1. The van der Waals surface area contributed by atoms with Crippen LogP contribution in [0.25, 0.3) is 6.08 Å². The van der Waals surface area contributed by atoms with Gasteiger partial charge in [0.05, 0.1) is 43.2 Å². The molecule has 1 atom stereocenters. The van der Waals surface area contributed by atoms with Gasteiger partial charge >= 0.3 is 5.97 Å². The first-order valence-electron chi connectivity index (χ1n) is 10.1. The van der Waals surface area contributed by atoms with Gasteiger partial charge in [-0.05, 0) is 80.9 Å². The minimum atomic E-state index is -0.594. The minimum absolute atomic E-state index is 0.190. The van der Waals surface area contributed by atoms with Crippen LogP contribution in [0.1, 0.15) is 30.5 Å². The summed E-state index contributed by atoms with van der Waals surface area (Å²) >= 11 is 5.78. The summed E-state index contributed by atoms with van der Waals surface area (Å²) < 4.78 is 14.6. The summed E-state index contributed by atoms with van der Waals surface area (Å²) in [6.45, 7) is 1.94. The number of methoxy groups -OCH3 is 2. The van der Waals surface area contributed by atoms with E-state index in [0.29, 0.717) is 27.0 Å². The summed E-state index contributed by atoms with van der Waals surface area (Å²) in [5.41, 5.74) is 2.58. The number of nitrogens with zero attached hydrogens (tertiary/aromatic N) is 2. The van der Waals surface area contributed by atoms with Gasteiger partial charge in [-0.25, -0.2) is 9.79 Å². The molecule has 0 saturated carbocycles. The number of rotatable bonds is 5. The van der Waals surface area contributed by atoms with E-state index in [1.807, 2.05) is 55.5 Å². The van der Waals surface area contributed by atoms with Crippen LogP contribution in [0.3, 0.4) is 0 Å². The highest BCUT2D eigenvalue weighted by Crippen LogP contribution is 2.32. The van der Waals surface area contributed by atoms with Crippen molar-refractivity contribution in [1.29, 1.82) is 0 Å². The van der Waals surface area contributed by atoms with Gasteiger partial charge in [-0.15, -0.1) is 0 Å². The van der Waals surface area contributed by atoms with Gasteiger partial charge in [0.25, 0.3) is 5.56 Å². The molecule has 0 N–H and O–H groups in total. The van der Waals surface area contributed by atoms with Crippen molar-refractivity contribution in [2.75, 3.05) is 14.2 Å². The number of hydrogen-bond acceptors (Lipinski definition) is 6. The zero-order valence-electron chi connectivity index (χ0n) is 18.1. The van der Waals surface area contributed by atoms with Crippen LogP contribution < -0.4 is 19.6 Å². The van der Waals surface area contributed by atoms with Crippen molar-refractivity contribution in [2.45, 2.75) is 19.4 Å². The van der Waals surface area contributed by atoms with Crippen LogP contribution in [0.4, 0.5) is 0 Å². The molecule has 1 aliphatic heterocycles. The maximum Gasteiger partial charge on any atom is 0.338 e. The monoisotopic (exact) mass is 686 g/mol. The fourth-order valence-electron chi connectivity index (χ4n) is 3.82. The fourth-order valence-corrected chi connectivity index (χ4v) is 7.10. The van der Waals surface area contributed by atoms with Crippen molar-refractivity contribution in [2.24, 2.45) is 4.99 Å². The predicted molar refractivity (Wildman–Crippen MR) is 145 cm³/mol. The van der Waals surface area contributed by atoms with E-state index >= 15 is 0 Å². The third-order valence-corrected chi connectivity index (χ3v) is 7.87. The lowest BCUT2D eigenvalue weighted by molar-refractivity contribution is -0.136. The highest BCUT2D eigenvalue weighted by Gasteiger charge is 2.33. The molecule has 4 rings (SSSR count). The molecule has 1 aliphatic rings. The average Bonchev–Trinajstić information content (AvgIpc) is 3.12. The lowest BCUT2D eigenvalue weighted by Gasteiger charge is -2.25. The van der Waals surface area contributed by atoms with Gasteiger partial charge < -0.3 is 9.47 Å². The Morgan fingerprint density at radius 2 is 1.85 bits per heavy atom. The lowest BCUT2D eigenvalue weighted by atomic mass is 9.95. The van der Waals surface area contributed by atoms with Crippen molar-refractivity contribution >= 4 is 68.6 Å². The van der Waals surface area contributed by atoms with Crippen LogP contribution in [0.2, 0.25) is 0 Å². The zero-order valence-corrected chi connectivity index (χ0v) is 23.2. The molecular formula is C24H20I2N2O4S. The van der Waals surface area contributed by atoms with Crippen LogP contribution in [0, 0.1) is 7.14 Å². The van der Waals surface area contributed by atoms with Gasteiger partial charge in [0.1, 0.15) is 5.75 Å². The lowest BCUT2D eigenvalue weighted by Crippen LogP contribution is -2.40. The molecule has 1 aromatic heterocycles. The van der Waals surface area contributed by atoms with Crippen molar-refractivity contribution in [3.63, 3.8) is 0 Å². The maximum absolute atomic E-state index is 13.6. The Balaban J connectivity index is 1.98. The van der Waals surface area contributed by atoms with E-state index in [-0.39, 0.29) is 5.56 Å². The number of aromatic nitrogens is 1. The number of halogens is 2. The Kier molecular flexibility index (Phi) is 7.39. The van der Waals surface area contributed by atoms with Crippen molar-refractivity contribution in [3.8, 4) is 5.75 Å². The Hall–Kier alpha value is -1.99. The SMILES string of the molecule is CCC1=C(C(=O)OC)[C@@H](c2ccccc2)n2c(s/c(=C\c3cc(I)c(OC)c(I)c3)c2=O)=N1. The Labute approximate surface area is 221 Å². The maximum atomic E-state index is 13.6. The summed E-state index contributed by atoms with van der Waals surface area (Å²) in [7, 11) is 2.99. The minimum Gasteiger partial charge on any atom is -0.495 e. The summed E-state index contributed by atoms with van der Waals surface area (Å²) in [5, 5.41) is 0. The van der Waals surface area contributed by atoms with Gasteiger partial charge in [-0.1, -0.05) is 48.6 Å². The molecule has 2 heterocycles. The zero-order chi connectivity index (χ0) is 23.7. The predicted octanol–water partition coefficient (Wildman–Crippen LogP) is 4.02. The van der Waals surface area contributed by atoms with E-state index in [0.717, 1.165) is 24.0 Å². The summed E-state index contributed by atoms with van der Waals surface area (Å²) in [6.07, 6.45) is 2.41. The molecule has 3 aromatic rings. The van der Waals surface area contributed by atoms with Crippen molar-refractivity contribution in [3.05, 3.63) is 91.7 Å². The highest BCUT2D eigenvalue weighted by atomic mass is 127. The molecule has 2 aromatic carbocycles. The first-order chi connectivity index (χ1) is 15.9. The normalized spacial score (nSPS) is 15.8. The molecule has 33 heavy (non-hydrogen) atoms. The molecule has 0 fully saturated rings. The Bertz CT molecular complexity index is 1420. The molecule has 9 heteroatoms. The molecule has 0 saturated heterocycles. The number of allylic oxidation sites excluding steroid dienone is 1. The van der Waals surface area contributed by atoms with Crippen LogP contribution in [-0.4, -0.2) is 24.8 Å². The van der Waals surface area contributed by atoms with E-state index in [9.17, 15) is 9.59 Å². The van der Waals surface area contributed by atoms with Gasteiger partial charge in [0, 0.05) is 0 Å². The summed E-state index contributed by atoms with van der Waals surface area (Å²) in [4.78, 5) is 31.7. The second-order valence-electron chi connectivity index (χ2n) is 7.22. The van der Waals surface area contributed by atoms with Gasteiger partial charge in [-0.3, -0.25) is 9.36 Å². The van der Waals surface area contributed by atoms with E-state index in [4.69, 9.17) is 14.5 Å². The summed E-state index contributed by atoms with van der Waals surface area (Å²) in [5.74, 6) is 0.340. The summed E-state index contributed by atoms with van der Waals surface area (Å²) in [6, 6.07) is 12.9. The van der Waals surface area contributed by atoms with E-state index in [1.54, 1.807) is 11.7 Å². The molecule has 170 valence electrons. The molecular weight excluding hydrogens is 666 g/mol. The smallest absolute Gasteiger partial charge is 0.338 e. The number of hydrogen-bond donors (Lipinski definition) is 0. The van der Waals surface area contributed by atoms with E-state index in [2.05, 4.69) is 45.2 Å². The number of carbonyl (C=O) groups is 1. The topological polar surface area (TPSA) is 69.9 Å². The molecule has 0 aliphatic carbocycles.